The minimum Gasteiger partial charge on any atom is -0.444 e. The lowest BCUT2D eigenvalue weighted by Crippen LogP contribution is -2.45. The molecule has 6 nitrogen and oxygen atoms in total. The van der Waals surface area contributed by atoms with Crippen molar-refractivity contribution in [2.45, 2.75) is 57.7 Å². The van der Waals surface area contributed by atoms with Gasteiger partial charge in [0.2, 0.25) is 5.95 Å². The fourth-order valence-corrected chi connectivity index (χ4v) is 3.15. The number of hydrogen-bond donors (Lipinski definition) is 1. The molecular weight excluding hydrogens is 280 g/mol. The molecule has 3 rings (SSSR count). The Hall–Kier alpha value is -2.11. The molecule has 1 aromatic heterocycles. The van der Waals surface area contributed by atoms with Crippen LogP contribution in [0.5, 0.6) is 0 Å². The van der Waals surface area contributed by atoms with Crippen molar-refractivity contribution in [1.29, 1.82) is 0 Å². The van der Waals surface area contributed by atoms with Crippen LogP contribution >= 0.6 is 0 Å². The Balaban J connectivity index is 1.80. The molecule has 2 atom stereocenters. The van der Waals surface area contributed by atoms with Gasteiger partial charge in [0.05, 0.1) is 6.04 Å². The molecule has 0 radical (unpaired) electrons. The number of carbonyl (C=O) groups excluding carboxylic acids is 1. The number of anilines is 1. The summed E-state index contributed by atoms with van der Waals surface area (Å²) in [5.74, 6) is 0.276. The molecule has 2 aliphatic rings. The zero-order valence-electron chi connectivity index (χ0n) is 13.2. The van der Waals surface area contributed by atoms with E-state index in [1.807, 2.05) is 25.7 Å². The molecule has 22 heavy (non-hydrogen) atoms. The van der Waals surface area contributed by atoms with Gasteiger partial charge in [-0.3, -0.25) is 4.90 Å². The average Bonchev–Trinajstić information content (AvgIpc) is 2.69. The summed E-state index contributed by atoms with van der Waals surface area (Å²) >= 11 is 0. The Labute approximate surface area is 130 Å². The van der Waals surface area contributed by atoms with Gasteiger partial charge in [0.1, 0.15) is 5.60 Å². The molecule has 2 aliphatic heterocycles. The van der Waals surface area contributed by atoms with E-state index in [4.69, 9.17) is 10.5 Å². The molecule has 6 heteroatoms. The highest BCUT2D eigenvalue weighted by atomic mass is 16.6. The van der Waals surface area contributed by atoms with Crippen LogP contribution in [0.1, 0.15) is 45.6 Å². The maximum atomic E-state index is 12.4. The number of rotatable bonds is 1. The summed E-state index contributed by atoms with van der Waals surface area (Å²) in [6, 6.07) is 0.290. The number of ether oxygens (including phenoxy) is 1. The molecule has 0 saturated carbocycles. The molecule has 118 valence electrons. The fourth-order valence-electron chi connectivity index (χ4n) is 3.15. The van der Waals surface area contributed by atoms with Crippen molar-refractivity contribution in [3.05, 3.63) is 24.0 Å². The number of fused-ring (bicyclic) bond motifs is 2. The van der Waals surface area contributed by atoms with Gasteiger partial charge in [-0.05, 0) is 45.6 Å². The van der Waals surface area contributed by atoms with E-state index >= 15 is 0 Å². The van der Waals surface area contributed by atoms with Gasteiger partial charge in [-0.15, -0.1) is 0 Å². The highest BCUT2D eigenvalue weighted by Gasteiger charge is 2.41. The summed E-state index contributed by atoms with van der Waals surface area (Å²) in [4.78, 5) is 22.4. The summed E-state index contributed by atoms with van der Waals surface area (Å²) in [6.45, 7) is 5.68. The molecule has 0 spiro atoms. The minimum absolute atomic E-state index is 0.0983. The normalized spacial score (nSPS) is 24.1. The van der Waals surface area contributed by atoms with E-state index in [-0.39, 0.29) is 24.1 Å². The molecule has 1 aromatic rings. The second-order valence-corrected chi connectivity index (χ2v) is 6.91. The van der Waals surface area contributed by atoms with Gasteiger partial charge >= 0.3 is 6.09 Å². The van der Waals surface area contributed by atoms with Crippen LogP contribution in [0.25, 0.3) is 5.57 Å². The Bertz CT molecular complexity index is 604. The van der Waals surface area contributed by atoms with Crippen LogP contribution in [0.3, 0.4) is 0 Å². The summed E-state index contributed by atoms with van der Waals surface area (Å²) in [6.07, 6.45) is 8.20. The number of hydrogen-bond acceptors (Lipinski definition) is 5. The van der Waals surface area contributed by atoms with Gasteiger partial charge in [0, 0.05) is 24.0 Å². The van der Waals surface area contributed by atoms with Crippen LogP contribution in [0, 0.1) is 0 Å². The molecular formula is C16H22N4O2. The third-order valence-electron chi connectivity index (χ3n) is 4.04. The Kier molecular flexibility index (Phi) is 3.54. The van der Waals surface area contributed by atoms with E-state index < -0.39 is 5.60 Å². The van der Waals surface area contributed by atoms with Crippen LogP contribution in [0.15, 0.2) is 18.5 Å². The highest BCUT2D eigenvalue weighted by molar-refractivity contribution is 5.74. The van der Waals surface area contributed by atoms with Gasteiger partial charge in [-0.25, -0.2) is 14.8 Å². The Morgan fingerprint density at radius 3 is 2.59 bits per heavy atom. The number of nitrogens with two attached hydrogens (primary N) is 1. The molecule has 1 saturated heterocycles. The Morgan fingerprint density at radius 2 is 2.00 bits per heavy atom. The van der Waals surface area contributed by atoms with Gasteiger partial charge in [0.15, 0.2) is 0 Å². The van der Waals surface area contributed by atoms with E-state index in [0.717, 1.165) is 24.8 Å². The van der Waals surface area contributed by atoms with Crippen molar-refractivity contribution >= 4 is 17.6 Å². The van der Waals surface area contributed by atoms with Crippen LogP contribution in [-0.2, 0) is 4.74 Å². The van der Waals surface area contributed by atoms with Crippen LogP contribution in [0.4, 0.5) is 10.7 Å². The smallest absolute Gasteiger partial charge is 0.411 e. The first kappa shape index (κ1) is 14.8. The van der Waals surface area contributed by atoms with E-state index in [9.17, 15) is 4.79 Å². The van der Waals surface area contributed by atoms with Crippen molar-refractivity contribution in [3.63, 3.8) is 0 Å². The number of nitrogen functional groups attached to an aromatic ring is 1. The van der Waals surface area contributed by atoms with Crippen LogP contribution in [0.2, 0.25) is 0 Å². The second kappa shape index (κ2) is 5.26. The zero-order valence-corrected chi connectivity index (χ0v) is 13.2. The van der Waals surface area contributed by atoms with Crippen molar-refractivity contribution in [3.8, 4) is 0 Å². The third-order valence-corrected chi connectivity index (χ3v) is 4.04. The van der Waals surface area contributed by atoms with Gasteiger partial charge in [-0.2, -0.15) is 0 Å². The van der Waals surface area contributed by atoms with Crippen LogP contribution < -0.4 is 5.73 Å². The van der Waals surface area contributed by atoms with Gasteiger partial charge in [-0.1, -0.05) is 6.08 Å². The SMILES string of the molecule is CC(C)(C)OC(=O)N1C2C=C(c3cnc(N)nc3)CC1CC2. The lowest BCUT2D eigenvalue weighted by Gasteiger charge is -2.35. The summed E-state index contributed by atoms with van der Waals surface area (Å²) in [5.41, 5.74) is 7.23. The molecule has 3 heterocycles. The standard InChI is InChI=1S/C16H22N4O2/c1-16(2,3)22-15(21)20-12-4-5-13(20)7-10(6-12)11-8-18-14(17)19-9-11/h6,8-9,12-13H,4-5,7H2,1-3H3,(H2,17,18,19). The van der Waals surface area contributed by atoms with Crippen molar-refractivity contribution in [2.75, 3.05) is 5.73 Å². The molecule has 1 fully saturated rings. The average molecular weight is 302 g/mol. The van der Waals surface area contributed by atoms with Gasteiger partial charge in [0.25, 0.3) is 0 Å². The predicted octanol–water partition coefficient (Wildman–Crippen LogP) is 2.61. The van der Waals surface area contributed by atoms with E-state index in [2.05, 4.69) is 16.0 Å². The lowest BCUT2D eigenvalue weighted by atomic mass is 9.97. The largest absolute Gasteiger partial charge is 0.444 e. The third kappa shape index (κ3) is 2.91. The highest BCUT2D eigenvalue weighted by Crippen LogP contribution is 2.39. The molecule has 2 unspecified atom stereocenters. The fraction of sp³-hybridized carbons (Fsp3) is 0.562. The van der Waals surface area contributed by atoms with Crippen molar-refractivity contribution in [2.24, 2.45) is 0 Å². The summed E-state index contributed by atoms with van der Waals surface area (Å²) in [7, 11) is 0. The Morgan fingerprint density at radius 1 is 1.32 bits per heavy atom. The first-order valence-electron chi connectivity index (χ1n) is 7.63. The minimum atomic E-state index is -0.467. The maximum absolute atomic E-state index is 12.4. The summed E-state index contributed by atoms with van der Waals surface area (Å²) < 4.78 is 5.53. The molecule has 0 aromatic carbocycles. The zero-order chi connectivity index (χ0) is 15.9. The van der Waals surface area contributed by atoms with Crippen molar-refractivity contribution in [1.82, 2.24) is 14.9 Å². The first-order valence-corrected chi connectivity index (χ1v) is 7.63. The van der Waals surface area contributed by atoms with E-state index in [0.29, 0.717) is 0 Å². The van der Waals surface area contributed by atoms with E-state index in [1.54, 1.807) is 12.4 Å². The molecule has 2 bridgehead atoms. The number of amides is 1. The quantitative estimate of drug-likeness (QED) is 0.862. The number of carbonyl (C=O) groups is 1. The second-order valence-electron chi connectivity index (χ2n) is 6.91. The number of nitrogens with zero attached hydrogens (tertiary/aromatic N) is 3. The molecule has 2 N–H and O–H groups in total. The topological polar surface area (TPSA) is 81.3 Å². The number of aromatic nitrogens is 2. The van der Waals surface area contributed by atoms with E-state index in [1.165, 1.54) is 5.57 Å². The van der Waals surface area contributed by atoms with Crippen molar-refractivity contribution < 1.29 is 9.53 Å². The molecule has 1 amide bonds. The monoisotopic (exact) mass is 302 g/mol. The summed E-state index contributed by atoms with van der Waals surface area (Å²) in [5, 5.41) is 0. The maximum Gasteiger partial charge on any atom is 0.411 e. The van der Waals surface area contributed by atoms with Crippen LogP contribution in [-0.4, -0.2) is 38.6 Å². The predicted molar refractivity (Wildman–Crippen MR) is 83.9 cm³/mol. The first-order chi connectivity index (χ1) is 10.3. The van der Waals surface area contributed by atoms with Gasteiger partial charge < -0.3 is 10.5 Å². The molecule has 0 aliphatic carbocycles. The lowest BCUT2D eigenvalue weighted by molar-refractivity contribution is 0.0175.